The van der Waals surface area contributed by atoms with Crippen LogP contribution in [-0.4, -0.2) is 0 Å². The van der Waals surface area contributed by atoms with E-state index in [4.69, 9.17) is 0 Å². The lowest BCUT2D eigenvalue weighted by atomic mass is 10.1. The van der Waals surface area contributed by atoms with Gasteiger partial charge in [-0.25, -0.2) is 0 Å². The average molecular weight is 236 g/mol. The van der Waals surface area contributed by atoms with Gasteiger partial charge in [-0.15, -0.1) is 11.3 Å². The van der Waals surface area contributed by atoms with Crippen LogP contribution in [0.3, 0.4) is 0 Å². The van der Waals surface area contributed by atoms with Crippen LogP contribution in [0.4, 0.5) is 0 Å². The van der Waals surface area contributed by atoms with Crippen LogP contribution >= 0.6 is 11.3 Å². The SMILES string of the molecule is C(=C/c1ccc2sccc2c1)/c1ccccc1. The number of fused-ring (bicyclic) bond motifs is 1. The van der Waals surface area contributed by atoms with Crippen LogP contribution in [0.1, 0.15) is 11.1 Å². The Hall–Kier alpha value is -1.86. The Morgan fingerprint density at radius 2 is 1.59 bits per heavy atom. The molecule has 0 N–H and O–H groups in total. The maximum atomic E-state index is 2.23. The van der Waals surface area contributed by atoms with Crippen molar-refractivity contribution >= 4 is 33.6 Å². The van der Waals surface area contributed by atoms with Crippen molar-refractivity contribution in [1.82, 2.24) is 0 Å². The van der Waals surface area contributed by atoms with Crippen molar-refractivity contribution in [3.8, 4) is 0 Å². The Morgan fingerprint density at radius 3 is 2.47 bits per heavy atom. The van der Waals surface area contributed by atoms with Gasteiger partial charge in [0.25, 0.3) is 0 Å². The van der Waals surface area contributed by atoms with Crippen molar-refractivity contribution in [2.45, 2.75) is 0 Å². The highest BCUT2D eigenvalue weighted by molar-refractivity contribution is 7.17. The van der Waals surface area contributed by atoms with Gasteiger partial charge in [0.15, 0.2) is 0 Å². The summed E-state index contributed by atoms with van der Waals surface area (Å²) < 4.78 is 1.35. The quantitative estimate of drug-likeness (QED) is 0.545. The Bertz CT molecular complexity index is 647. The second-order valence-electron chi connectivity index (χ2n) is 3.96. The Kier molecular flexibility index (Phi) is 2.76. The van der Waals surface area contributed by atoms with Gasteiger partial charge >= 0.3 is 0 Å². The van der Waals surface area contributed by atoms with E-state index in [2.05, 4.69) is 66.1 Å². The molecule has 2 aromatic carbocycles. The molecule has 3 rings (SSSR count). The molecule has 17 heavy (non-hydrogen) atoms. The van der Waals surface area contributed by atoms with Gasteiger partial charge in [-0.3, -0.25) is 0 Å². The molecule has 3 aromatic rings. The molecule has 0 radical (unpaired) electrons. The van der Waals surface area contributed by atoms with E-state index in [1.165, 1.54) is 21.2 Å². The van der Waals surface area contributed by atoms with E-state index in [-0.39, 0.29) is 0 Å². The normalized spacial score (nSPS) is 11.3. The predicted octanol–water partition coefficient (Wildman–Crippen LogP) is 5.07. The molecule has 0 fully saturated rings. The van der Waals surface area contributed by atoms with Gasteiger partial charge in [-0.05, 0) is 40.1 Å². The van der Waals surface area contributed by atoms with Crippen LogP contribution in [0.25, 0.3) is 22.2 Å². The van der Waals surface area contributed by atoms with Crippen molar-refractivity contribution < 1.29 is 0 Å². The lowest BCUT2D eigenvalue weighted by Crippen LogP contribution is -1.72. The highest BCUT2D eigenvalue weighted by Crippen LogP contribution is 2.22. The van der Waals surface area contributed by atoms with E-state index in [1.807, 2.05) is 6.07 Å². The Morgan fingerprint density at radius 1 is 0.765 bits per heavy atom. The molecule has 0 nitrogen and oxygen atoms in total. The monoisotopic (exact) mass is 236 g/mol. The summed E-state index contributed by atoms with van der Waals surface area (Å²) in [4.78, 5) is 0. The van der Waals surface area contributed by atoms with Gasteiger partial charge in [0.2, 0.25) is 0 Å². The fourth-order valence-electron chi connectivity index (χ4n) is 1.85. The van der Waals surface area contributed by atoms with E-state index < -0.39 is 0 Å². The summed E-state index contributed by atoms with van der Waals surface area (Å²) in [6, 6.07) is 19.1. The molecule has 1 heteroatoms. The van der Waals surface area contributed by atoms with Crippen molar-refractivity contribution in [3.63, 3.8) is 0 Å². The topological polar surface area (TPSA) is 0 Å². The zero-order valence-corrected chi connectivity index (χ0v) is 10.2. The van der Waals surface area contributed by atoms with Crippen LogP contribution in [0.5, 0.6) is 0 Å². The summed E-state index contributed by atoms with van der Waals surface area (Å²) in [5, 5.41) is 3.46. The molecule has 0 aliphatic rings. The maximum absolute atomic E-state index is 2.23. The minimum absolute atomic E-state index is 1.23. The first-order chi connectivity index (χ1) is 8.42. The first-order valence-electron chi connectivity index (χ1n) is 5.62. The summed E-state index contributed by atoms with van der Waals surface area (Å²) in [5.41, 5.74) is 2.48. The van der Waals surface area contributed by atoms with Gasteiger partial charge in [-0.1, -0.05) is 48.6 Å². The molecule has 0 saturated carbocycles. The fourth-order valence-corrected chi connectivity index (χ4v) is 2.62. The van der Waals surface area contributed by atoms with Crippen LogP contribution in [-0.2, 0) is 0 Å². The molecular weight excluding hydrogens is 224 g/mol. The molecular formula is C16H12S. The van der Waals surface area contributed by atoms with Crippen molar-refractivity contribution in [2.24, 2.45) is 0 Å². The molecule has 0 bridgehead atoms. The largest absolute Gasteiger partial charge is 0.144 e. The van der Waals surface area contributed by atoms with E-state index in [0.29, 0.717) is 0 Å². The number of benzene rings is 2. The van der Waals surface area contributed by atoms with Crippen molar-refractivity contribution in [3.05, 3.63) is 71.1 Å². The summed E-state index contributed by atoms with van der Waals surface area (Å²) in [7, 11) is 0. The second kappa shape index (κ2) is 4.56. The van der Waals surface area contributed by atoms with Gasteiger partial charge in [0.1, 0.15) is 0 Å². The van der Waals surface area contributed by atoms with Gasteiger partial charge in [0, 0.05) is 4.70 Å². The summed E-state index contributed by atoms with van der Waals surface area (Å²) in [6.07, 6.45) is 4.31. The third kappa shape index (κ3) is 2.29. The van der Waals surface area contributed by atoms with E-state index in [0.717, 1.165) is 0 Å². The van der Waals surface area contributed by atoms with Crippen LogP contribution in [0, 0.1) is 0 Å². The van der Waals surface area contributed by atoms with Gasteiger partial charge in [-0.2, -0.15) is 0 Å². The lowest BCUT2D eigenvalue weighted by molar-refractivity contribution is 1.66. The third-order valence-corrected chi connectivity index (χ3v) is 3.64. The molecule has 0 atom stereocenters. The Labute approximate surface area is 105 Å². The van der Waals surface area contributed by atoms with Gasteiger partial charge in [0.05, 0.1) is 0 Å². The van der Waals surface area contributed by atoms with E-state index >= 15 is 0 Å². The molecule has 0 unspecified atom stereocenters. The number of hydrogen-bond acceptors (Lipinski definition) is 1. The summed E-state index contributed by atoms with van der Waals surface area (Å²) >= 11 is 1.79. The molecule has 0 aliphatic heterocycles. The average Bonchev–Trinajstić information content (AvgIpc) is 2.85. The lowest BCUT2D eigenvalue weighted by Gasteiger charge is -1.95. The van der Waals surface area contributed by atoms with E-state index in [1.54, 1.807) is 11.3 Å². The minimum atomic E-state index is 1.23. The predicted molar refractivity (Wildman–Crippen MR) is 77.2 cm³/mol. The molecule has 0 aliphatic carbocycles. The van der Waals surface area contributed by atoms with Crippen LogP contribution in [0.15, 0.2) is 60.0 Å². The molecule has 0 amide bonds. The number of hydrogen-bond donors (Lipinski definition) is 0. The van der Waals surface area contributed by atoms with Crippen LogP contribution < -0.4 is 0 Å². The molecule has 1 aromatic heterocycles. The highest BCUT2D eigenvalue weighted by Gasteiger charge is 1.94. The molecule has 82 valence electrons. The van der Waals surface area contributed by atoms with E-state index in [9.17, 15) is 0 Å². The summed E-state index contributed by atoms with van der Waals surface area (Å²) in [6.45, 7) is 0. The number of thiophene rings is 1. The first-order valence-corrected chi connectivity index (χ1v) is 6.50. The molecule has 0 spiro atoms. The number of rotatable bonds is 2. The van der Waals surface area contributed by atoms with Gasteiger partial charge < -0.3 is 0 Å². The highest BCUT2D eigenvalue weighted by atomic mass is 32.1. The standard InChI is InChI=1S/C16H12S/c1-2-4-13(5-3-1)6-7-14-8-9-16-15(12-14)10-11-17-16/h1-12H/b7-6-. The fraction of sp³-hybridized carbons (Fsp3) is 0. The summed E-state index contributed by atoms with van der Waals surface area (Å²) in [5.74, 6) is 0. The zero-order valence-electron chi connectivity index (χ0n) is 9.34. The zero-order chi connectivity index (χ0) is 11.5. The smallest absolute Gasteiger partial charge is 0.0343 e. The molecule has 0 saturated heterocycles. The molecule has 1 heterocycles. The first kappa shape index (κ1) is 10.3. The Balaban J connectivity index is 1.92. The van der Waals surface area contributed by atoms with Crippen molar-refractivity contribution in [1.29, 1.82) is 0 Å². The minimum Gasteiger partial charge on any atom is -0.144 e. The van der Waals surface area contributed by atoms with Crippen molar-refractivity contribution in [2.75, 3.05) is 0 Å². The second-order valence-corrected chi connectivity index (χ2v) is 4.91. The maximum Gasteiger partial charge on any atom is 0.0343 e. The third-order valence-electron chi connectivity index (χ3n) is 2.74. The van der Waals surface area contributed by atoms with Crippen LogP contribution in [0.2, 0.25) is 0 Å².